The van der Waals surface area contributed by atoms with E-state index in [-0.39, 0.29) is 5.91 Å². The number of likely N-dealkylation sites (tertiary alicyclic amines) is 1. The zero-order valence-electron chi connectivity index (χ0n) is 17.3. The molecule has 30 heavy (non-hydrogen) atoms. The van der Waals surface area contributed by atoms with Gasteiger partial charge in [0.2, 0.25) is 0 Å². The summed E-state index contributed by atoms with van der Waals surface area (Å²) in [6.45, 7) is 1.60. The van der Waals surface area contributed by atoms with E-state index < -0.39 is 0 Å². The Morgan fingerprint density at radius 2 is 1.67 bits per heavy atom. The molecule has 5 nitrogen and oxygen atoms in total. The van der Waals surface area contributed by atoms with Crippen LogP contribution in [-0.4, -0.2) is 41.0 Å². The highest BCUT2D eigenvalue weighted by molar-refractivity contribution is 5.93. The van der Waals surface area contributed by atoms with Crippen molar-refractivity contribution in [3.8, 4) is 17.1 Å². The van der Waals surface area contributed by atoms with E-state index in [0.717, 1.165) is 50.1 Å². The van der Waals surface area contributed by atoms with Gasteiger partial charge in [-0.2, -0.15) is 0 Å². The largest absolute Gasteiger partial charge is 0.497 e. The third-order valence-electron chi connectivity index (χ3n) is 5.83. The number of benzene rings is 2. The summed E-state index contributed by atoms with van der Waals surface area (Å²) in [5.74, 6) is 2.23. The van der Waals surface area contributed by atoms with Crippen molar-refractivity contribution in [3.05, 3.63) is 78.1 Å². The van der Waals surface area contributed by atoms with Crippen LogP contribution in [-0.2, 0) is 6.42 Å². The first-order chi connectivity index (χ1) is 14.7. The summed E-state index contributed by atoms with van der Waals surface area (Å²) in [5, 5.41) is 0. The van der Waals surface area contributed by atoms with Gasteiger partial charge in [0.15, 0.2) is 5.82 Å². The van der Waals surface area contributed by atoms with Gasteiger partial charge in [0.25, 0.3) is 5.91 Å². The Morgan fingerprint density at radius 1 is 1.00 bits per heavy atom. The van der Waals surface area contributed by atoms with Crippen molar-refractivity contribution in [1.29, 1.82) is 0 Å². The van der Waals surface area contributed by atoms with Gasteiger partial charge < -0.3 is 9.64 Å². The minimum absolute atomic E-state index is 0.0308. The molecule has 0 bridgehead atoms. The maximum Gasteiger partial charge on any atom is 0.256 e. The van der Waals surface area contributed by atoms with Crippen LogP contribution in [0.5, 0.6) is 5.75 Å². The molecule has 2 heterocycles. The van der Waals surface area contributed by atoms with Crippen LogP contribution in [0.1, 0.15) is 35.2 Å². The second kappa shape index (κ2) is 9.53. The number of aromatic nitrogens is 2. The molecule has 1 aromatic heterocycles. The third kappa shape index (κ3) is 4.85. The molecule has 1 saturated heterocycles. The summed E-state index contributed by atoms with van der Waals surface area (Å²) in [5.41, 5.74) is 2.85. The van der Waals surface area contributed by atoms with Crippen LogP contribution in [0.3, 0.4) is 0 Å². The van der Waals surface area contributed by atoms with Crippen LogP contribution in [0.15, 0.2) is 67.0 Å². The van der Waals surface area contributed by atoms with Gasteiger partial charge in [0.1, 0.15) is 5.75 Å². The lowest BCUT2D eigenvalue weighted by molar-refractivity contribution is 0.0686. The number of carbonyl (C=O) groups excluding carboxylic acids is 1. The van der Waals surface area contributed by atoms with Gasteiger partial charge in [-0.25, -0.2) is 9.97 Å². The van der Waals surface area contributed by atoms with Gasteiger partial charge in [-0.1, -0.05) is 42.5 Å². The molecule has 154 valence electrons. The molecule has 1 amide bonds. The second-order valence-corrected chi connectivity index (χ2v) is 7.78. The minimum atomic E-state index is 0.0308. The van der Waals surface area contributed by atoms with Crippen LogP contribution in [0.2, 0.25) is 0 Å². The Morgan fingerprint density at radius 3 is 2.30 bits per heavy atom. The summed E-state index contributed by atoms with van der Waals surface area (Å²) in [6.07, 6.45) is 7.61. The highest BCUT2D eigenvalue weighted by atomic mass is 16.5. The number of amides is 1. The smallest absolute Gasteiger partial charge is 0.256 e. The molecular weight excluding hydrogens is 374 g/mol. The fraction of sp³-hybridized carbons (Fsp3) is 0.320. The van der Waals surface area contributed by atoms with E-state index in [1.807, 2.05) is 47.4 Å². The van der Waals surface area contributed by atoms with Gasteiger partial charge in [0.05, 0.1) is 12.7 Å². The number of methoxy groups -OCH3 is 1. The zero-order chi connectivity index (χ0) is 20.8. The molecule has 4 rings (SSSR count). The van der Waals surface area contributed by atoms with E-state index in [0.29, 0.717) is 17.3 Å². The second-order valence-electron chi connectivity index (χ2n) is 7.78. The Hall–Kier alpha value is -3.21. The first kappa shape index (κ1) is 20.1. The Labute approximate surface area is 177 Å². The number of hydrogen-bond acceptors (Lipinski definition) is 4. The quantitative estimate of drug-likeness (QED) is 0.604. The predicted octanol–water partition coefficient (Wildman–Crippen LogP) is 4.64. The van der Waals surface area contributed by atoms with Crippen LogP contribution >= 0.6 is 0 Å². The summed E-state index contributed by atoms with van der Waals surface area (Å²) in [7, 11) is 1.69. The van der Waals surface area contributed by atoms with Crippen LogP contribution in [0.25, 0.3) is 11.4 Å². The molecule has 2 aromatic carbocycles. The van der Waals surface area contributed by atoms with Crippen molar-refractivity contribution in [2.75, 3.05) is 20.2 Å². The monoisotopic (exact) mass is 401 g/mol. The van der Waals surface area contributed by atoms with Crippen molar-refractivity contribution >= 4 is 5.91 Å². The molecule has 1 aliphatic heterocycles. The lowest BCUT2D eigenvalue weighted by Gasteiger charge is -2.32. The van der Waals surface area contributed by atoms with Crippen molar-refractivity contribution in [2.45, 2.75) is 25.7 Å². The van der Waals surface area contributed by atoms with Gasteiger partial charge in [0, 0.05) is 31.0 Å². The number of aryl methyl sites for hydroxylation is 1. The SMILES string of the molecule is COc1ccc(CCC2CCN(C(=O)c3cnc(-c4ccccc4)nc3)CC2)cc1. The number of rotatable bonds is 6. The summed E-state index contributed by atoms with van der Waals surface area (Å²) in [4.78, 5) is 23.5. The maximum absolute atomic E-state index is 12.8. The van der Waals surface area contributed by atoms with Gasteiger partial charge in [-0.15, -0.1) is 0 Å². The highest BCUT2D eigenvalue weighted by Gasteiger charge is 2.24. The molecule has 5 heteroatoms. The van der Waals surface area contributed by atoms with Crippen molar-refractivity contribution in [1.82, 2.24) is 14.9 Å². The highest BCUT2D eigenvalue weighted by Crippen LogP contribution is 2.24. The van der Waals surface area contributed by atoms with E-state index in [2.05, 4.69) is 22.1 Å². The molecule has 0 radical (unpaired) electrons. The number of carbonyl (C=O) groups is 1. The van der Waals surface area contributed by atoms with Crippen molar-refractivity contribution < 1.29 is 9.53 Å². The van der Waals surface area contributed by atoms with E-state index in [9.17, 15) is 4.79 Å². The molecule has 1 aliphatic rings. The van der Waals surface area contributed by atoms with Gasteiger partial charge in [-0.05, 0) is 49.3 Å². The fourth-order valence-corrected chi connectivity index (χ4v) is 3.95. The van der Waals surface area contributed by atoms with E-state index in [4.69, 9.17) is 4.74 Å². The Kier molecular flexibility index (Phi) is 6.38. The lowest BCUT2D eigenvalue weighted by atomic mass is 9.90. The fourth-order valence-electron chi connectivity index (χ4n) is 3.95. The Bertz CT molecular complexity index is 948. The Balaban J connectivity index is 1.27. The maximum atomic E-state index is 12.8. The lowest BCUT2D eigenvalue weighted by Crippen LogP contribution is -2.38. The number of hydrogen-bond donors (Lipinski definition) is 0. The van der Waals surface area contributed by atoms with E-state index >= 15 is 0 Å². The molecule has 0 N–H and O–H groups in total. The predicted molar refractivity (Wildman–Crippen MR) is 117 cm³/mol. The topological polar surface area (TPSA) is 55.3 Å². The molecule has 0 aliphatic carbocycles. The van der Waals surface area contributed by atoms with Crippen LogP contribution in [0.4, 0.5) is 0 Å². The molecule has 0 atom stereocenters. The van der Waals surface area contributed by atoms with E-state index in [1.54, 1.807) is 19.5 Å². The third-order valence-corrected chi connectivity index (χ3v) is 5.83. The number of piperidine rings is 1. The van der Waals surface area contributed by atoms with Gasteiger partial charge >= 0.3 is 0 Å². The molecule has 0 unspecified atom stereocenters. The first-order valence-corrected chi connectivity index (χ1v) is 10.5. The number of ether oxygens (including phenoxy) is 1. The molecule has 0 spiro atoms. The minimum Gasteiger partial charge on any atom is -0.497 e. The molecular formula is C25H27N3O2. The molecule has 3 aromatic rings. The van der Waals surface area contributed by atoms with Crippen LogP contribution < -0.4 is 4.74 Å². The molecule has 1 fully saturated rings. The zero-order valence-corrected chi connectivity index (χ0v) is 17.3. The average molecular weight is 402 g/mol. The average Bonchev–Trinajstić information content (AvgIpc) is 2.83. The number of nitrogens with zero attached hydrogens (tertiary/aromatic N) is 3. The standard InChI is InChI=1S/C25H27N3O2/c1-30-23-11-9-19(10-12-23)7-8-20-13-15-28(16-14-20)25(29)22-17-26-24(27-18-22)21-5-3-2-4-6-21/h2-6,9-12,17-18,20H,7-8,13-16H2,1H3. The molecule has 0 saturated carbocycles. The normalized spacial score (nSPS) is 14.5. The van der Waals surface area contributed by atoms with Crippen molar-refractivity contribution in [3.63, 3.8) is 0 Å². The van der Waals surface area contributed by atoms with Crippen LogP contribution in [0, 0.1) is 5.92 Å². The first-order valence-electron chi connectivity index (χ1n) is 10.5. The van der Waals surface area contributed by atoms with Gasteiger partial charge in [-0.3, -0.25) is 4.79 Å². The van der Waals surface area contributed by atoms with Crippen molar-refractivity contribution in [2.24, 2.45) is 5.92 Å². The summed E-state index contributed by atoms with van der Waals surface area (Å²) < 4.78 is 5.22. The van der Waals surface area contributed by atoms with E-state index in [1.165, 1.54) is 5.56 Å². The summed E-state index contributed by atoms with van der Waals surface area (Å²) in [6, 6.07) is 18.1. The summed E-state index contributed by atoms with van der Waals surface area (Å²) >= 11 is 0.